The maximum Gasteiger partial charge on any atom is 0.261 e. The van der Waals surface area contributed by atoms with Crippen molar-refractivity contribution in [3.8, 4) is 11.5 Å². The minimum atomic E-state index is -3.64. The number of morpholine rings is 1. The minimum Gasteiger partial charge on any atom is -0.497 e. The Morgan fingerprint density at radius 1 is 1.02 bits per heavy atom. The zero-order valence-electron chi connectivity index (χ0n) is 22.4. The number of ether oxygens (including phenoxy) is 3. The van der Waals surface area contributed by atoms with Crippen LogP contribution in [0.3, 0.4) is 0 Å². The van der Waals surface area contributed by atoms with Crippen LogP contribution < -0.4 is 14.8 Å². The van der Waals surface area contributed by atoms with Crippen LogP contribution in [0.5, 0.6) is 11.5 Å². The van der Waals surface area contributed by atoms with Crippen LogP contribution in [0.2, 0.25) is 0 Å². The highest BCUT2D eigenvalue weighted by atomic mass is 32.2. The number of methoxy groups -OCH3 is 1. The van der Waals surface area contributed by atoms with Crippen molar-refractivity contribution in [1.82, 2.24) is 14.5 Å². The average molecular weight is 572 g/mol. The minimum absolute atomic E-state index is 0.135. The summed E-state index contributed by atoms with van der Waals surface area (Å²) >= 11 is 0. The molecule has 0 saturated carbocycles. The van der Waals surface area contributed by atoms with Crippen molar-refractivity contribution >= 4 is 21.8 Å². The molecule has 2 amide bonds. The van der Waals surface area contributed by atoms with Crippen molar-refractivity contribution in [2.24, 2.45) is 0 Å². The summed E-state index contributed by atoms with van der Waals surface area (Å²) in [5, 5.41) is 2.79. The maximum atomic E-state index is 13.3. The van der Waals surface area contributed by atoms with Gasteiger partial charge in [-0.1, -0.05) is 12.1 Å². The fourth-order valence-electron chi connectivity index (χ4n) is 4.12. The second kappa shape index (κ2) is 13.5. The smallest absolute Gasteiger partial charge is 0.261 e. The van der Waals surface area contributed by atoms with E-state index in [9.17, 15) is 18.0 Å². The summed E-state index contributed by atoms with van der Waals surface area (Å²) in [6.45, 7) is 2.96. The zero-order valence-corrected chi connectivity index (χ0v) is 23.3. The van der Waals surface area contributed by atoms with Crippen molar-refractivity contribution in [2.75, 3.05) is 40.0 Å². The Hall–Kier alpha value is -3.87. The molecule has 1 N–H and O–H groups in total. The van der Waals surface area contributed by atoms with Gasteiger partial charge in [0, 0.05) is 19.6 Å². The van der Waals surface area contributed by atoms with E-state index in [1.165, 1.54) is 39.7 Å². The highest BCUT2D eigenvalue weighted by molar-refractivity contribution is 7.89. The molecule has 0 bridgehead atoms. The number of nitrogens with zero attached hydrogens (tertiary/aromatic N) is 2. The summed E-state index contributed by atoms with van der Waals surface area (Å²) in [5.41, 5.74) is 0.803. The molecule has 1 aliphatic heterocycles. The van der Waals surface area contributed by atoms with E-state index in [0.29, 0.717) is 43.6 Å². The molecule has 2 aromatic carbocycles. The third-order valence-electron chi connectivity index (χ3n) is 6.49. The Kier molecular flexibility index (Phi) is 9.80. The zero-order chi connectivity index (χ0) is 28.5. The second-order valence-electron chi connectivity index (χ2n) is 9.12. The van der Waals surface area contributed by atoms with Crippen LogP contribution in [0.1, 0.15) is 18.2 Å². The van der Waals surface area contributed by atoms with Crippen LogP contribution in [0.15, 0.2) is 76.2 Å². The van der Waals surface area contributed by atoms with Crippen LogP contribution in [0, 0.1) is 0 Å². The number of benzene rings is 2. The lowest BCUT2D eigenvalue weighted by molar-refractivity contribution is -0.142. The van der Waals surface area contributed by atoms with Gasteiger partial charge in [0.1, 0.15) is 23.3 Å². The standard InChI is InChI=1S/C28H33N3O8S/c1-21(28(33)29-18-25-4-3-15-38-25)31(19-22-5-7-23(36-2)8-6-22)27(32)20-39-24-9-11-26(12-10-24)40(34,35)30-13-16-37-17-14-30/h3-12,15,21H,13-14,16-20H2,1-2H3,(H,29,33). The van der Waals surface area contributed by atoms with Crippen molar-refractivity contribution in [1.29, 1.82) is 0 Å². The third kappa shape index (κ3) is 7.40. The number of carbonyl (C=O) groups excluding carboxylic acids is 2. The fourth-order valence-corrected chi connectivity index (χ4v) is 5.53. The van der Waals surface area contributed by atoms with Gasteiger partial charge in [0.25, 0.3) is 5.91 Å². The Labute approximate surface area is 233 Å². The number of rotatable bonds is 12. The van der Waals surface area contributed by atoms with Crippen LogP contribution in [0.4, 0.5) is 0 Å². The number of amides is 2. The van der Waals surface area contributed by atoms with E-state index in [2.05, 4.69) is 5.32 Å². The number of hydrogen-bond donors (Lipinski definition) is 1. The number of carbonyl (C=O) groups is 2. The quantitative estimate of drug-likeness (QED) is 0.351. The van der Waals surface area contributed by atoms with E-state index in [-0.39, 0.29) is 30.5 Å². The van der Waals surface area contributed by atoms with E-state index in [0.717, 1.165) is 5.56 Å². The second-order valence-corrected chi connectivity index (χ2v) is 11.1. The first-order valence-corrected chi connectivity index (χ1v) is 14.2. The molecular formula is C28H33N3O8S. The molecule has 2 heterocycles. The lowest BCUT2D eigenvalue weighted by atomic mass is 10.1. The lowest BCUT2D eigenvalue weighted by Gasteiger charge is -2.28. The molecule has 0 aliphatic carbocycles. The highest BCUT2D eigenvalue weighted by Crippen LogP contribution is 2.21. The Morgan fingerprint density at radius 2 is 1.70 bits per heavy atom. The number of nitrogens with one attached hydrogen (secondary N) is 1. The Morgan fingerprint density at radius 3 is 2.33 bits per heavy atom. The van der Waals surface area contributed by atoms with Gasteiger partial charge < -0.3 is 28.8 Å². The first-order valence-electron chi connectivity index (χ1n) is 12.8. The fraction of sp³-hybridized carbons (Fsp3) is 0.357. The van der Waals surface area contributed by atoms with E-state index in [1.54, 1.807) is 38.3 Å². The molecule has 3 aromatic rings. The van der Waals surface area contributed by atoms with Crippen LogP contribution in [-0.4, -0.2) is 75.5 Å². The normalized spacial score (nSPS) is 14.8. The summed E-state index contributed by atoms with van der Waals surface area (Å²) < 4.78 is 48.5. The van der Waals surface area contributed by atoms with Crippen molar-refractivity contribution in [2.45, 2.75) is 31.0 Å². The van der Waals surface area contributed by atoms with Crippen LogP contribution in [0.25, 0.3) is 0 Å². The van der Waals surface area contributed by atoms with Gasteiger partial charge in [0.15, 0.2) is 6.61 Å². The average Bonchev–Trinajstić information content (AvgIpc) is 3.52. The third-order valence-corrected chi connectivity index (χ3v) is 8.40. The number of furan rings is 1. The molecule has 1 atom stereocenters. The van der Waals surface area contributed by atoms with Gasteiger partial charge in [-0.15, -0.1) is 0 Å². The van der Waals surface area contributed by atoms with Crippen LogP contribution in [-0.2, 0) is 37.4 Å². The summed E-state index contributed by atoms with van der Waals surface area (Å²) in [5.74, 6) is 0.829. The van der Waals surface area contributed by atoms with E-state index >= 15 is 0 Å². The van der Waals surface area contributed by atoms with Crippen molar-refractivity contribution in [3.05, 3.63) is 78.3 Å². The molecule has 4 rings (SSSR count). The summed E-state index contributed by atoms with van der Waals surface area (Å²) in [6.07, 6.45) is 1.52. The van der Waals surface area contributed by atoms with E-state index in [4.69, 9.17) is 18.6 Å². The van der Waals surface area contributed by atoms with Gasteiger partial charge in [0.2, 0.25) is 15.9 Å². The van der Waals surface area contributed by atoms with Gasteiger partial charge in [0.05, 0.1) is 38.0 Å². The maximum absolute atomic E-state index is 13.3. The first-order chi connectivity index (χ1) is 19.3. The summed E-state index contributed by atoms with van der Waals surface area (Å²) in [7, 11) is -2.08. The van der Waals surface area contributed by atoms with Gasteiger partial charge in [-0.05, 0) is 61.0 Å². The van der Waals surface area contributed by atoms with E-state index in [1.807, 2.05) is 12.1 Å². The Bertz CT molecular complexity index is 1350. The summed E-state index contributed by atoms with van der Waals surface area (Å²) in [4.78, 5) is 27.8. The monoisotopic (exact) mass is 571 g/mol. The molecule has 11 nitrogen and oxygen atoms in total. The molecule has 1 unspecified atom stereocenters. The molecule has 1 aromatic heterocycles. The predicted octanol–water partition coefficient (Wildman–Crippen LogP) is 2.42. The van der Waals surface area contributed by atoms with E-state index < -0.39 is 22.0 Å². The summed E-state index contributed by atoms with van der Waals surface area (Å²) in [6, 6.07) is 15.8. The van der Waals surface area contributed by atoms with Crippen molar-refractivity contribution < 1.29 is 36.6 Å². The SMILES string of the molecule is COc1ccc(CN(C(=O)COc2ccc(S(=O)(=O)N3CCOCC3)cc2)C(C)C(=O)NCc2ccco2)cc1. The number of hydrogen-bond acceptors (Lipinski definition) is 8. The molecule has 0 spiro atoms. The molecule has 12 heteroatoms. The van der Waals surface area contributed by atoms with Gasteiger partial charge in [-0.3, -0.25) is 9.59 Å². The Balaban J connectivity index is 1.42. The molecule has 1 fully saturated rings. The molecule has 0 radical (unpaired) electrons. The molecular weight excluding hydrogens is 538 g/mol. The topological polar surface area (TPSA) is 128 Å². The lowest BCUT2D eigenvalue weighted by Crippen LogP contribution is -2.48. The molecule has 1 aliphatic rings. The van der Waals surface area contributed by atoms with Crippen molar-refractivity contribution in [3.63, 3.8) is 0 Å². The molecule has 214 valence electrons. The predicted molar refractivity (Wildman–Crippen MR) is 145 cm³/mol. The van der Waals surface area contributed by atoms with Gasteiger partial charge in [-0.25, -0.2) is 8.42 Å². The molecule has 40 heavy (non-hydrogen) atoms. The largest absolute Gasteiger partial charge is 0.497 e. The first kappa shape index (κ1) is 29.1. The van der Waals surface area contributed by atoms with Gasteiger partial charge >= 0.3 is 0 Å². The number of sulfonamides is 1. The highest BCUT2D eigenvalue weighted by Gasteiger charge is 2.28. The molecule has 1 saturated heterocycles. The van der Waals surface area contributed by atoms with Crippen LogP contribution >= 0.6 is 0 Å². The van der Waals surface area contributed by atoms with Gasteiger partial charge in [-0.2, -0.15) is 4.31 Å².